The van der Waals surface area contributed by atoms with E-state index in [4.69, 9.17) is 0 Å². The number of hydrazine groups is 1. The van der Waals surface area contributed by atoms with Gasteiger partial charge in [0.05, 0.1) is 18.0 Å². The van der Waals surface area contributed by atoms with Crippen LogP contribution in [-0.4, -0.2) is 42.8 Å². The Morgan fingerprint density at radius 1 is 1.00 bits per heavy atom. The second-order valence-corrected chi connectivity index (χ2v) is 7.94. The van der Waals surface area contributed by atoms with E-state index in [2.05, 4.69) is 16.2 Å². The first-order valence-corrected chi connectivity index (χ1v) is 10.4. The molecule has 3 amide bonds. The largest absolute Gasteiger partial charge is 0.325 e. The van der Waals surface area contributed by atoms with Crippen LogP contribution in [0.4, 0.5) is 5.69 Å². The van der Waals surface area contributed by atoms with Crippen LogP contribution < -0.4 is 16.2 Å². The molecule has 1 aromatic heterocycles. The number of para-hydroxylation sites is 1. The van der Waals surface area contributed by atoms with Gasteiger partial charge in [0.2, 0.25) is 5.91 Å². The number of benzene rings is 1. The lowest BCUT2D eigenvalue weighted by molar-refractivity contribution is -0.123. The van der Waals surface area contributed by atoms with E-state index in [1.165, 1.54) is 11.3 Å². The number of amides is 3. The first-order valence-electron chi connectivity index (χ1n) is 9.58. The molecular formula is C21H28N4O3S. The van der Waals surface area contributed by atoms with Gasteiger partial charge in [-0.3, -0.25) is 30.1 Å². The fourth-order valence-electron chi connectivity index (χ4n) is 2.90. The summed E-state index contributed by atoms with van der Waals surface area (Å²) in [6.07, 6.45) is 1.68. The van der Waals surface area contributed by atoms with Gasteiger partial charge in [0.25, 0.3) is 11.8 Å². The minimum absolute atomic E-state index is 0.0210. The number of hydrogen-bond acceptors (Lipinski definition) is 5. The summed E-state index contributed by atoms with van der Waals surface area (Å²) in [6, 6.07) is 9.44. The Morgan fingerprint density at radius 2 is 1.69 bits per heavy atom. The number of rotatable bonds is 8. The summed E-state index contributed by atoms with van der Waals surface area (Å²) in [6.45, 7) is 6.06. The van der Waals surface area contributed by atoms with Crippen LogP contribution in [-0.2, 0) is 22.4 Å². The van der Waals surface area contributed by atoms with Crippen molar-refractivity contribution >= 4 is 34.7 Å². The van der Waals surface area contributed by atoms with Gasteiger partial charge in [-0.25, -0.2) is 0 Å². The van der Waals surface area contributed by atoms with Crippen molar-refractivity contribution in [2.75, 3.05) is 25.5 Å². The van der Waals surface area contributed by atoms with Crippen molar-refractivity contribution in [2.24, 2.45) is 0 Å². The van der Waals surface area contributed by atoms with Crippen LogP contribution in [0.2, 0.25) is 0 Å². The van der Waals surface area contributed by atoms with Crippen LogP contribution >= 0.6 is 11.3 Å². The van der Waals surface area contributed by atoms with Crippen LogP contribution in [0.1, 0.15) is 39.5 Å². The first kappa shape index (κ1) is 22.6. The highest BCUT2D eigenvalue weighted by atomic mass is 32.1. The summed E-state index contributed by atoms with van der Waals surface area (Å²) in [7, 11) is 1.67. The first-order chi connectivity index (χ1) is 13.8. The average molecular weight is 417 g/mol. The third kappa shape index (κ3) is 6.69. The van der Waals surface area contributed by atoms with Gasteiger partial charge in [-0.1, -0.05) is 32.0 Å². The molecule has 0 spiro atoms. The normalized spacial score (nSPS) is 10.7. The Hall–Kier alpha value is -2.71. The zero-order chi connectivity index (χ0) is 21.4. The Balaban J connectivity index is 1.78. The Kier molecular flexibility index (Phi) is 8.35. The maximum Gasteiger partial charge on any atom is 0.279 e. The molecule has 0 saturated carbocycles. The maximum absolute atomic E-state index is 12.2. The monoisotopic (exact) mass is 416 g/mol. The molecule has 0 bridgehead atoms. The van der Waals surface area contributed by atoms with Gasteiger partial charge in [0.15, 0.2) is 0 Å². The number of nitrogens with zero attached hydrogens (tertiary/aromatic N) is 1. The molecule has 0 aliphatic heterocycles. The highest BCUT2D eigenvalue weighted by Gasteiger charge is 2.15. The van der Waals surface area contributed by atoms with Crippen molar-refractivity contribution in [3.63, 3.8) is 0 Å². The fourth-order valence-corrected chi connectivity index (χ4v) is 3.91. The molecule has 8 heteroatoms. The Labute approximate surface area is 175 Å². The lowest BCUT2D eigenvalue weighted by Gasteiger charge is -2.17. The molecular weight excluding hydrogens is 388 g/mol. The van der Waals surface area contributed by atoms with E-state index < -0.39 is 5.91 Å². The Bertz CT molecular complexity index is 879. The number of carbonyl (C=O) groups excluding carboxylic acids is 3. The second-order valence-electron chi connectivity index (χ2n) is 6.80. The number of carbonyl (C=O) groups is 3. The number of anilines is 1. The van der Waals surface area contributed by atoms with Gasteiger partial charge in [-0.2, -0.15) is 0 Å². The predicted octanol–water partition coefficient (Wildman–Crippen LogP) is 2.51. The molecule has 29 heavy (non-hydrogen) atoms. The van der Waals surface area contributed by atoms with Crippen LogP contribution in [0.15, 0.2) is 30.3 Å². The van der Waals surface area contributed by atoms with E-state index in [-0.39, 0.29) is 24.9 Å². The van der Waals surface area contributed by atoms with E-state index in [9.17, 15) is 14.4 Å². The number of likely N-dealkylation sites (N-methyl/N-ethyl adjacent to an activating group) is 1. The zero-order valence-electron chi connectivity index (χ0n) is 17.3. The molecule has 0 radical (unpaired) electrons. The SMILES string of the molecule is CCc1ccccc1NC(=O)CN(C)CC(=O)NNC(=O)c1cc(C)c(CC)s1. The number of nitrogens with one attached hydrogen (secondary N) is 3. The lowest BCUT2D eigenvalue weighted by atomic mass is 10.1. The lowest BCUT2D eigenvalue weighted by Crippen LogP contribution is -2.46. The minimum atomic E-state index is -0.397. The van der Waals surface area contributed by atoms with Crippen LogP contribution in [0.5, 0.6) is 0 Å². The fraction of sp³-hybridized carbons (Fsp3) is 0.381. The highest BCUT2D eigenvalue weighted by molar-refractivity contribution is 7.14. The van der Waals surface area contributed by atoms with Crippen molar-refractivity contribution in [1.29, 1.82) is 0 Å². The standard InChI is InChI=1S/C21H28N4O3S/c1-5-15-9-7-8-10-16(15)22-19(26)12-25(4)13-20(27)23-24-21(28)18-11-14(3)17(6-2)29-18/h7-11H,5-6,12-13H2,1-4H3,(H,22,26)(H,23,27)(H,24,28). The summed E-state index contributed by atoms with van der Waals surface area (Å²) < 4.78 is 0. The zero-order valence-corrected chi connectivity index (χ0v) is 18.1. The van der Waals surface area contributed by atoms with Gasteiger partial charge >= 0.3 is 0 Å². The molecule has 0 saturated heterocycles. The molecule has 0 aliphatic rings. The van der Waals surface area contributed by atoms with Crippen molar-refractivity contribution in [1.82, 2.24) is 15.8 Å². The highest BCUT2D eigenvalue weighted by Crippen LogP contribution is 2.22. The molecule has 0 unspecified atom stereocenters. The number of thiophene rings is 1. The van der Waals surface area contributed by atoms with E-state index >= 15 is 0 Å². The molecule has 0 aliphatic carbocycles. The molecule has 1 heterocycles. The Morgan fingerprint density at radius 3 is 2.34 bits per heavy atom. The summed E-state index contributed by atoms with van der Waals surface area (Å²) in [5.41, 5.74) is 7.72. The van der Waals surface area contributed by atoms with Crippen LogP contribution in [0.25, 0.3) is 0 Å². The van der Waals surface area contributed by atoms with Crippen molar-refractivity contribution < 1.29 is 14.4 Å². The quantitative estimate of drug-likeness (QED) is 0.577. The predicted molar refractivity (Wildman–Crippen MR) is 116 cm³/mol. The van der Waals surface area contributed by atoms with E-state index in [0.717, 1.165) is 34.5 Å². The van der Waals surface area contributed by atoms with Gasteiger partial charge in [-0.15, -0.1) is 11.3 Å². The average Bonchev–Trinajstić information content (AvgIpc) is 3.07. The molecule has 1 aromatic carbocycles. The topological polar surface area (TPSA) is 90.5 Å². The van der Waals surface area contributed by atoms with E-state index in [1.54, 1.807) is 11.9 Å². The second kappa shape index (κ2) is 10.7. The van der Waals surface area contributed by atoms with Crippen LogP contribution in [0, 0.1) is 6.92 Å². The van der Waals surface area contributed by atoms with Crippen LogP contribution in [0.3, 0.4) is 0 Å². The third-order valence-corrected chi connectivity index (χ3v) is 5.76. The molecule has 3 N–H and O–H groups in total. The van der Waals surface area contributed by atoms with Crippen molar-refractivity contribution in [2.45, 2.75) is 33.6 Å². The van der Waals surface area contributed by atoms with Crippen molar-refractivity contribution in [3.05, 3.63) is 51.2 Å². The minimum Gasteiger partial charge on any atom is -0.325 e. The molecule has 2 aromatic rings. The summed E-state index contributed by atoms with van der Waals surface area (Å²) >= 11 is 1.42. The van der Waals surface area contributed by atoms with Gasteiger partial charge in [0.1, 0.15) is 0 Å². The summed E-state index contributed by atoms with van der Waals surface area (Å²) in [5.74, 6) is -0.944. The number of hydrogen-bond donors (Lipinski definition) is 3. The van der Waals surface area contributed by atoms with Gasteiger partial charge in [0, 0.05) is 10.6 Å². The number of aryl methyl sites for hydroxylation is 3. The summed E-state index contributed by atoms with van der Waals surface area (Å²) in [5, 5.41) is 2.87. The van der Waals surface area contributed by atoms with E-state index in [1.807, 2.05) is 51.1 Å². The van der Waals surface area contributed by atoms with E-state index in [0.29, 0.717) is 4.88 Å². The molecule has 156 valence electrons. The summed E-state index contributed by atoms with van der Waals surface area (Å²) in [4.78, 5) is 39.7. The molecule has 2 rings (SSSR count). The van der Waals surface area contributed by atoms with Crippen molar-refractivity contribution in [3.8, 4) is 0 Å². The smallest absolute Gasteiger partial charge is 0.279 e. The third-order valence-electron chi connectivity index (χ3n) is 4.38. The van der Waals surface area contributed by atoms with Gasteiger partial charge < -0.3 is 5.32 Å². The maximum atomic E-state index is 12.2. The molecule has 0 atom stereocenters. The molecule has 0 fully saturated rings. The molecule has 7 nitrogen and oxygen atoms in total. The van der Waals surface area contributed by atoms with Gasteiger partial charge in [-0.05, 0) is 50.1 Å².